The number of hydrogen-bond donors (Lipinski definition) is 0. The third kappa shape index (κ3) is 14.8. The lowest BCUT2D eigenvalue weighted by Gasteiger charge is -2.13. The first kappa shape index (κ1) is 38.3. The van der Waals surface area contributed by atoms with E-state index in [0.29, 0.717) is 23.5 Å². The lowest BCUT2D eigenvalue weighted by molar-refractivity contribution is -0.128. The smallest absolute Gasteiger partial charge is 0.390 e. The molecule has 258 valence electrons. The minimum absolute atomic E-state index is 0.112. The van der Waals surface area contributed by atoms with E-state index in [1.807, 2.05) is 31.2 Å². The summed E-state index contributed by atoms with van der Waals surface area (Å²) in [6, 6.07) is 18.7. The van der Waals surface area contributed by atoms with Gasteiger partial charge in [-0.05, 0) is 79.8 Å². The van der Waals surface area contributed by atoms with Crippen molar-refractivity contribution in [3.8, 4) is 34.5 Å². The quantitative estimate of drug-likeness (QED) is 0.0494. The molecular formula is C42H53FO5. The summed E-state index contributed by atoms with van der Waals surface area (Å²) in [4.78, 5) is 24.8. The van der Waals surface area contributed by atoms with Crippen molar-refractivity contribution >= 4 is 11.9 Å². The first-order chi connectivity index (χ1) is 23.4. The number of halogens is 1. The number of unbranched alkanes of at least 4 members (excludes halogenated alkanes) is 12. The van der Waals surface area contributed by atoms with Crippen LogP contribution >= 0.6 is 0 Å². The van der Waals surface area contributed by atoms with Crippen LogP contribution in [0, 0.1) is 17.7 Å². The molecule has 1 unspecified atom stereocenters. The number of ether oxygens (including phenoxy) is 3. The van der Waals surface area contributed by atoms with Crippen molar-refractivity contribution in [2.24, 2.45) is 0 Å². The Kier molecular flexibility index (Phi) is 17.9. The highest BCUT2D eigenvalue weighted by molar-refractivity contribution is 5.91. The van der Waals surface area contributed by atoms with Crippen molar-refractivity contribution in [3.63, 3.8) is 0 Å². The number of benzene rings is 3. The molecule has 0 aliphatic carbocycles. The Hall–Kier alpha value is -4.11. The maximum atomic E-state index is 14.5. The molecular weight excluding hydrogens is 603 g/mol. The fourth-order valence-electron chi connectivity index (χ4n) is 5.41. The Balaban J connectivity index is 1.39. The zero-order valence-electron chi connectivity index (χ0n) is 29.2. The minimum atomic E-state index is -0.744. The van der Waals surface area contributed by atoms with Gasteiger partial charge in [-0.15, -0.1) is 0 Å². The molecule has 0 amide bonds. The highest BCUT2D eigenvalue weighted by atomic mass is 19.1. The zero-order valence-corrected chi connectivity index (χ0v) is 29.2. The highest BCUT2D eigenvalue weighted by Gasteiger charge is 2.12. The summed E-state index contributed by atoms with van der Waals surface area (Å²) < 4.78 is 31.1. The van der Waals surface area contributed by atoms with Crippen molar-refractivity contribution in [2.45, 2.75) is 123 Å². The number of carbonyl (C=O) groups excluding carboxylic acids is 2. The normalized spacial score (nSPS) is 11.3. The van der Waals surface area contributed by atoms with Crippen LogP contribution in [-0.2, 0) is 9.53 Å². The monoisotopic (exact) mass is 656 g/mol. The van der Waals surface area contributed by atoms with E-state index in [1.165, 1.54) is 70.3 Å². The van der Waals surface area contributed by atoms with Gasteiger partial charge < -0.3 is 14.2 Å². The van der Waals surface area contributed by atoms with Crippen LogP contribution in [0.4, 0.5) is 4.39 Å². The van der Waals surface area contributed by atoms with E-state index < -0.39 is 11.8 Å². The summed E-state index contributed by atoms with van der Waals surface area (Å²) in [5.41, 5.74) is 2.68. The molecule has 6 heteroatoms. The Morgan fingerprint density at radius 1 is 0.708 bits per heavy atom. The summed E-state index contributed by atoms with van der Waals surface area (Å²) in [7, 11) is 0. The van der Waals surface area contributed by atoms with Gasteiger partial charge in [-0.1, -0.05) is 121 Å². The van der Waals surface area contributed by atoms with Gasteiger partial charge in [0.05, 0.1) is 18.3 Å². The fraction of sp³-hybridized carbons (Fsp3) is 0.476. The zero-order chi connectivity index (χ0) is 34.4. The summed E-state index contributed by atoms with van der Waals surface area (Å²) >= 11 is 0. The second-order valence-electron chi connectivity index (χ2n) is 12.5. The van der Waals surface area contributed by atoms with Crippen LogP contribution in [0.1, 0.15) is 133 Å². The van der Waals surface area contributed by atoms with Gasteiger partial charge in [-0.2, -0.15) is 0 Å². The Labute approximate surface area is 287 Å². The van der Waals surface area contributed by atoms with Crippen LogP contribution in [0.25, 0.3) is 11.1 Å². The second kappa shape index (κ2) is 22.5. The number of carbonyl (C=O) groups is 2. The number of rotatable bonds is 21. The van der Waals surface area contributed by atoms with E-state index >= 15 is 0 Å². The molecule has 0 bridgehead atoms. The van der Waals surface area contributed by atoms with Gasteiger partial charge in [0, 0.05) is 11.5 Å². The second-order valence-corrected chi connectivity index (χ2v) is 12.5. The molecule has 1 atom stereocenters. The summed E-state index contributed by atoms with van der Waals surface area (Å²) in [5.74, 6) is 4.04. The molecule has 3 rings (SSSR count). The summed E-state index contributed by atoms with van der Waals surface area (Å²) in [5, 5.41) is 0. The van der Waals surface area contributed by atoms with E-state index in [9.17, 15) is 14.0 Å². The molecule has 0 aromatic heterocycles. The highest BCUT2D eigenvalue weighted by Crippen LogP contribution is 2.24. The molecule has 0 fully saturated rings. The first-order valence-corrected chi connectivity index (χ1v) is 18.0. The maximum Gasteiger partial charge on any atom is 0.390 e. The molecule has 0 saturated carbocycles. The van der Waals surface area contributed by atoms with Crippen molar-refractivity contribution in [1.29, 1.82) is 0 Å². The molecule has 0 spiro atoms. The molecule has 0 radical (unpaired) electrons. The molecule has 0 heterocycles. The molecule has 3 aromatic rings. The van der Waals surface area contributed by atoms with Gasteiger partial charge in [-0.25, -0.2) is 14.0 Å². The first-order valence-electron chi connectivity index (χ1n) is 18.0. The van der Waals surface area contributed by atoms with E-state index in [0.717, 1.165) is 43.2 Å². The Bertz CT molecular complexity index is 1440. The minimum Gasteiger partial charge on any atom is -0.491 e. The number of esters is 2. The van der Waals surface area contributed by atoms with Crippen LogP contribution in [0.5, 0.6) is 11.5 Å². The SMILES string of the molecule is CCCCCCCCCCCCOc1ccc(C#CC(=O)Oc2ccc(-c3ccc(C(=O)OC(C)CCCCCC)cc3)cc2)cc1F. The molecule has 5 nitrogen and oxygen atoms in total. The van der Waals surface area contributed by atoms with Crippen LogP contribution < -0.4 is 9.47 Å². The van der Waals surface area contributed by atoms with Crippen molar-refractivity contribution in [2.75, 3.05) is 6.61 Å². The lowest BCUT2D eigenvalue weighted by atomic mass is 10.0. The van der Waals surface area contributed by atoms with Crippen LogP contribution in [0.15, 0.2) is 66.7 Å². The molecule has 3 aromatic carbocycles. The van der Waals surface area contributed by atoms with E-state index in [-0.39, 0.29) is 17.8 Å². The fourth-order valence-corrected chi connectivity index (χ4v) is 5.41. The molecule has 0 aliphatic rings. The van der Waals surface area contributed by atoms with Gasteiger partial charge >= 0.3 is 11.9 Å². The topological polar surface area (TPSA) is 61.8 Å². The predicted octanol–water partition coefficient (Wildman–Crippen LogP) is 11.3. The standard InChI is InChI=1S/C42H53FO5/c1-4-6-8-10-11-12-13-14-15-17-31-46-40-29-19-34(32-39(40)43)20-30-41(44)48-38-27-25-36(26-28-38)35-21-23-37(24-22-35)42(45)47-33(3)18-16-9-7-5-2/h19,21-29,32-33H,4-18,31H2,1-3H3. The third-order valence-electron chi connectivity index (χ3n) is 8.29. The van der Waals surface area contributed by atoms with Crippen molar-refractivity contribution in [3.05, 3.63) is 83.7 Å². The van der Waals surface area contributed by atoms with Gasteiger partial charge in [0.25, 0.3) is 0 Å². The summed E-state index contributed by atoms with van der Waals surface area (Å²) in [6.45, 7) is 6.82. The van der Waals surface area contributed by atoms with Crippen LogP contribution in [0.2, 0.25) is 0 Å². The van der Waals surface area contributed by atoms with Crippen LogP contribution in [-0.4, -0.2) is 24.6 Å². The number of hydrogen-bond acceptors (Lipinski definition) is 5. The lowest BCUT2D eigenvalue weighted by Crippen LogP contribution is -2.15. The average molecular weight is 657 g/mol. The predicted molar refractivity (Wildman–Crippen MR) is 192 cm³/mol. The molecule has 48 heavy (non-hydrogen) atoms. The molecule has 0 saturated heterocycles. The van der Waals surface area contributed by atoms with Gasteiger partial charge in [0.2, 0.25) is 0 Å². The van der Waals surface area contributed by atoms with E-state index in [1.54, 1.807) is 36.4 Å². The van der Waals surface area contributed by atoms with Crippen molar-refractivity contribution in [1.82, 2.24) is 0 Å². The largest absolute Gasteiger partial charge is 0.491 e. The average Bonchev–Trinajstić information content (AvgIpc) is 3.09. The van der Waals surface area contributed by atoms with Gasteiger partial charge in [0.15, 0.2) is 11.6 Å². The summed E-state index contributed by atoms with van der Waals surface area (Å²) in [6.07, 6.45) is 17.7. The van der Waals surface area contributed by atoms with Gasteiger partial charge in [0.1, 0.15) is 5.75 Å². The van der Waals surface area contributed by atoms with Gasteiger partial charge in [-0.3, -0.25) is 0 Å². The maximum absolute atomic E-state index is 14.5. The van der Waals surface area contributed by atoms with E-state index in [4.69, 9.17) is 14.2 Å². The van der Waals surface area contributed by atoms with Crippen LogP contribution in [0.3, 0.4) is 0 Å². The third-order valence-corrected chi connectivity index (χ3v) is 8.29. The Morgan fingerprint density at radius 2 is 1.27 bits per heavy atom. The Morgan fingerprint density at radius 3 is 1.88 bits per heavy atom. The van der Waals surface area contributed by atoms with E-state index in [2.05, 4.69) is 25.7 Å². The molecule has 0 aliphatic heterocycles. The molecule has 0 N–H and O–H groups in total. The van der Waals surface area contributed by atoms with Crippen molar-refractivity contribution < 1.29 is 28.2 Å².